The molecule has 0 saturated heterocycles. The van der Waals surface area contributed by atoms with Crippen molar-refractivity contribution in [2.45, 2.75) is 63.4 Å². The van der Waals surface area contributed by atoms with Gasteiger partial charge in [0.2, 0.25) is 0 Å². The van der Waals surface area contributed by atoms with Gasteiger partial charge in [-0.3, -0.25) is 0 Å². The number of benzene rings is 2. The van der Waals surface area contributed by atoms with Gasteiger partial charge in [-0.15, -0.1) is 0 Å². The normalized spacial score (nSPS) is 30.8. The van der Waals surface area contributed by atoms with Crippen LogP contribution in [0.15, 0.2) is 36.4 Å². The molecule has 5 aliphatic carbocycles. The first-order valence-electron chi connectivity index (χ1n) is 12.0. The molecule has 7 rings (SSSR count). The van der Waals surface area contributed by atoms with Crippen LogP contribution in [0.25, 0.3) is 11.6 Å². The Morgan fingerprint density at radius 1 is 0.871 bits per heavy atom. The summed E-state index contributed by atoms with van der Waals surface area (Å²) in [5.74, 6) is 2.66. The maximum Gasteiger partial charge on any atom is 0.488 e. The zero-order chi connectivity index (χ0) is 21.2. The minimum absolute atomic E-state index is 0.130. The van der Waals surface area contributed by atoms with E-state index in [1.54, 1.807) is 6.07 Å². The smallest absolute Gasteiger partial charge is 0.423 e. The summed E-state index contributed by atoms with van der Waals surface area (Å²) in [5, 5.41) is 29.1. The number of aliphatic hydroxyl groups is 1. The average molecular weight is 414 g/mol. The summed E-state index contributed by atoms with van der Waals surface area (Å²) in [6.45, 7) is 0.130. The molecule has 0 aromatic heterocycles. The molecule has 3 nitrogen and oxygen atoms in total. The van der Waals surface area contributed by atoms with Crippen LogP contribution in [0.2, 0.25) is 0 Å². The van der Waals surface area contributed by atoms with Crippen LogP contribution in [0.1, 0.15) is 72.8 Å². The molecule has 4 bridgehead atoms. The summed E-state index contributed by atoms with van der Waals surface area (Å²) >= 11 is 0. The summed E-state index contributed by atoms with van der Waals surface area (Å²) in [6, 6.07) is 12.5. The number of aliphatic hydroxyl groups excluding tert-OH is 1. The Bertz CT molecular complexity index is 1020. The largest absolute Gasteiger partial charge is 0.488 e. The Balaban J connectivity index is 1.38. The van der Waals surface area contributed by atoms with Crippen LogP contribution in [0, 0.1) is 17.8 Å². The van der Waals surface area contributed by atoms with E-state index in [1.165, 1.54) is 66.4 Å². The van der Waals surface area contributed by atoms with Crippen molar-refractivity contribution >= 4 is 24.2 Å². The first-order chi connectivity index (χ1) is 15.0. The van der Waals surface area contributed by atoms with E-state index in [2.05, 4.69) is 24.3 Å². The van der Waals surface area contributed by atoms with Gasteiger partial charge in [0, 0.05) is 0 Å². The number of fused-ring (bicyclic) bond motifs is 1. The molecule has 160 valence electrons. The fourth-order valence-corrected chi connectivity index (χ4v) is 7.75. The van der Waals surface area contributed by atoms with Crippen molar-refractivity contribution in [3.05, 3.63) is 64.2 Å². The maximum absolute atomic E-state index is 10.2. The number of hydrogen-bond acceptors (Lipinski definition) is 3. The third-order valence-corrected chi connectivity index (χ3v) is 8.72. The average Bonchev–Trinajstić information content (AvgIpc) is 2.77. The highest BCUT2D eigenvalue weighted by molar-refractivity contribution is 6.58. The summed E-state index contributed by atoms with van der Waals surface area (Å²) < 4.78 is 0. The molecule has 0 heterocycles. The van der Waals surface area contributed by atoms with Gasteiger partial charge in [-0.05, 0) is 113 Å². The Kier molecular flexibility index (Phi) is 4.68. The van der Waals surface area contributed by atoms with Crippen LogP contribution in [0.3, 0.4) is 0 Å². The monoisotopic (exact) mass is 414 g/mol. The molecule has 2 aromatic rings. The van der Waals surface area contributed by atoms with Gasteiger partial charge in [-0.1, -0.05) is 42.5 Å². The molecule has 5 aliphatic rings. The van der Waals surface area contributed by atoms with Crippen LogP contribution in [0.4, 0.5) is 0 Å². The predicted molar refractivity (Wildman–Crippen MR) is 125 cm³/mol. The van der Waals surface area contributed by atoms with Crippen LogP contribution < -0.4 is 5.46 Å². The topological polar surface area (TPSA) is 60.7 Å². The molecule has 3 N–H and O–H groups in total. The highest BCUT2D eigenvalue weighted by Gasteiger charge is 2.52. The van der Waals surface area contributed by atoms with Gasteiger partial charge in [0.15, 0.2) is 0 Å². The number of allylic oxidation sites excluding steroid dienone is 1. The molecule has 4 saturated carbocycles. The number of hydrogen-bond donors (Lipinski definition) is 3. The quantitative estimate of drug-likeness (QED) is 0.667. The van der Waals surface area contributed by atoms with E-state index in [-0.39, 0.29) is 12.0 Å². The van der Waals surface area contributed by atoms with E-state index < -0.39 is 7.12 Å². The lowest BCUT2D eigenvalue weighted by Crippen LogP contribution is -2.49. The molecule has 0 amide bonds. The second-order valence-electron chi connectivity index (χ2n) is 10.7. The molecule has 0 atom stereocenters. The van der Waals surface area contributed by atoms with Crippen molar-refractivity contribution < 1.29 is 15.2 Å². The molecular weight excluding hydrogens is 383 g/mol. The molecule has 0 radical (unpaired) electrons. The van der Waals surface area contributed by atoms with Gasteiger partial charge in [-0.2, -0.15) is 0 Å². The van der Waals surface area contributed by atoms with Gasteiger partial charge in [0.25, 0.3) is 0 Å². The predicted octanol–water partition coefficient (Wildman–Crippen LogP) is 3.81. The first-order valence-corrected chi connectivity index (χ1v) is 12.0. The van der Waals surface area contributed by atoms with E-state index in [0.717, 1.165) is 36.2 Å². The summed E-state index contributed by atoms with van der Waals surface area (Å²) in [7, 11) is -1.41. The first kappa shape index (κ1) is 19.8. The van der Waals surface area contributed by atoms with Gasteiger partial charge in [-0.25, -0.2) is 0 Å². The van der Waals surface area contributed by atoms with E-state index in [0.29, 0.717) is 5.46 Å². The minimum Gasteiger partial charge on any atom is -0.423 e. The van der Waals surface area contributed by atoms with Crippen LogP contribution in [-0.4, -0.2) is 22.3 Å². The van der Waals surface area contributed by atoms with Crippen molar-refractivity contribution in [2.24, 2.45) is 17.8 Å². The van der Waals surface area contributed by atoms with Crippen molar-refractivity contribution in [2.75, 3.05) is 0 Å². The van der Waals surface area contributed by atoms with E-state index in [4.69, 9.17) is 0 Å². The second-order valence-corrected chi connectivity index (χ2v) is 10.7. The van der Waals surface area contributed by atoms with Crippen LogP contribution in [0.5, 0.6) is 0 Å². The molecule has 2 aromatic carbocycles. The highest BCUT2D eigenvalue weighted by Crippen LogP contribution is 2.61. The second kappa shape index (κ2) is 7.33. The zero-order valence-electron chi connectivity index (χ0n) is 18.1. The van der Waals surface area contributed by atoms with Crippen LogP contribution >= 0.6 is 0 Å². The highest BCUT2D eigenvalue weighted by atomic mass is 16.4. The third-order valence-electron chi connectivity index (χ3n) is 8.72. The summed E-state index contributed by atoms with van der Waals surface area (Å²) in [6.07, 6.45) is 12.4. The summed E-state index contributed by atoms with van der Waals surface area (Å²) in [5.41, 5.74) is 8.39. The van der Waals surface area contributed by atoms with Crippen molar-refractivity contribution in [1.29, 1.82) is 0 Å². The van der Waals surface area contributed by atoms with Gasteiger partial charge >= 0.3 is 7.12 Å². The van der Waals surface area contributed by atoms with Crippen molar-refractivity contribution in [3.8, 4) is 0 Å². The Morgan fingerprint density at radius 3 is 2.23 bits per heavy atom. The van der Waals surface area contributed by atoms with Gasteiger partial charge in [0.05, 0.1) is 6.61 Å². The fourth-order valence-electron chi connectivity index (χ4n) is 7.75. The lowest BCUT2D eigenvalue weighted by Gasteiger charge is -2.57. The third kappa shape index (κ3) is 3.31. The Morgan fingerprint density at radius 2 is 1.58 bits per heavy atom. The maximum atomic E-state index is 10.2. The van der Waals surface area contributed by atoms with E-state index in [9.17, 15) is 15.2 Å². The number of aryl methyl sites for hydroxylation is 1. The Hall–Kier alpha value is -1.88. The van der Waals surface area contributed by atoms with Crippen LogP contribution in [-0.2, 0) is 18.4 Å². The summed E-state index contributed by atoms with van der Waals surface area (Å²) in [4.78, 5) is 0. The zero-order valence-corrected chi connectivity index (χ0v) is 18.1. The molecule has 4 heteroatoms. The molecule has 0 unspecified atom stereocenters. The molecule has 31 heavy (non-hydrogen) atoms. The van der Waals surface area contributed by atoms with Crippen molar-refractivity contribution in [3.63, 3.8) is 0 Å². The van der Waals surface area contributed by atoms with Gasteiger partial charge in [0.1, 0.15) is 0 Å². The minimum atomic E-state index is -1.41. The lowest BCUT2D eigenvalue weighted by atomic mass is 9.47. The lowest BCUT2D eigenvalue weighted by molar-refractivity contribution is -0.00603. The van der Waals surface area contributed by atoms with E-state index >= 15 is 0 Å². The Labute approximate surface area is 185 Å². The van der Waals surface area contributed by atoms with E-state index in [1.807, 2.05) is 12.1 Å². The van der Waals surface area contributed by atoms with Crippen molar-refractivity contribution in [1.82, 2.24) is 0 Å². The molecule has 0 spiro atoms. The number of rotatable bonds is 4. The SMILES string of the molecule is OCc1ccc(C2=Cc3ccc(B(O)O)cc3CC2)cc1C12CC3CC(CC(C3)C1)C2. The fraction of sp³-hybridized carbons (Fsp3) is 0.481. The molecule has 4 fully saturated rings. The molecular formula is C27H31BO3. The van der Waals surface area contributed by atoms with Gasteiger partial charge < -0.3 is 15.2 Å². The standard InChI is InChI=1S/C27H31BO3/c29-16-24-4-3-23(20-1-2-22-11-25(28(30)31)6-5-21(22)10-20)12-26(24)27-13-17-7-18(14-27)9-19(8-17)15-27/h3-6,10-12,17-19,29-31H,1-2,7-9,13-16H2. The molecule has 0 aliphatic heterocycles.